The number of hydrogen-bond acceptors (Lipinski definition) is 0. The van der Waals surface area contributed by atoms with Crippen molar-refractivity contribution in [1.82, 2.24) is 0 Å². The summed E-state index contributed by atoms with van der Waals surface area (Å²) in [6, 6.07) is 0. The van der Waals surface area contributed by atoms with Gasteiger partial charge in [-0.25, -0.2) is 0 Å². The molecule has 0 aliphatic heterocycles. The molecule has 0 N–H and O–H groups in total. The molecule has 0 saturated carbocycles. The molecule has 0 aromatic heterocycles. The summed E-state index contributed by atoms with van der Waals surface area (Å²) in [4.78, 5) is 0. The predicted molar refractivity (Wildman–Crippen MR) is 43.3 cm³/mol. The summed E-state index contributed by atoms with van der Waals surface area (Å²) in [5, 5.41) is 0. The molecule has 0 unspecified atom stereocenters. The second-order valence-corrected chi connectivity index (χ2v) is 2.09. The number of hydrogen-bond donors (Lipinski definition) is 0. The van der Waals surface area contributed by atoms with Crippen molar-refractivity contribution in [3.8, 4) is 0 Å². The van der Waals surface area contributed by atoms with Crippen LogP contribution in [-0.4, -0.2) is 0 Å². The number of rotatable bonds is 3. The Morgan fingerprint density at radius 3 is 2.44 bits per heavy atom. The Kier molecular flexibility index (Phi) is 3.78. The van der Waals surface area contributed by atoms with Gasteiger partial charge in [-0.3, -0.25) is 0 Å². The van der Waals surface area contributed by atoms with Crippen LogP contribution >= 0.6 is 0 Å². The van der Waals surface area contributed by atoms with Crippen molar-refractivity contribution >= 4 is 0 Å². The van der Waals surface area contributed by atoms with Crippen LogP contribution in [0.5, 0.6) is 0 Å². The highest BCUT2D eigenvalue weighted by atomic mass is 14.0. The molecular weight excluding hydrogens is 108 g/mol. The first-order valence-corrected chi connectivity index (χ1v) is 3.16. The Bertz CT molecular complexity index is 129. The molecule has 0 aliphatic rings. The summed E-state index contributed by atoms with van der Waals surface area (Å²) in [5.41, 5.74) is 1.08. The van der Waals surface area contributed by atoms with E-state index in [-0.39, 0.29) is 0 Å². The highest BCUT2D eigenvalue weighted by Crippen LogP contribution is 2.09. The van der Waals surface area contributed by atoms with E-state index in [1.165, 1.54) is 0 Å². The van der Waals surface area contributed by atoms with Gasteiger partial charge in [-0.15, -0.1) is 0 Å². The molecule has 0 spiro atoms. The molecule has 0 rings (SSSR count). The van der Waals surface area contributed by atoms with Gasteiger partial charge in [0.15, 0.2) is 0 Å². The van der Waals surface area contributed by atoms with E-state index in [9.17, 15) is 0 Å². The lowest BCUT2D eigenvalue weighted by atomic mass is 10.0. The minimum atomic E-state index is 0.437. The fourth-order valence-electron chi connectivity index (χ4n) is 0.598. The van der Waals surface area contributed by atoms with E-state index in [1.807, 2.05) is 13.0 Å². The van der Waals surface area contributed by atoms with Crippen molar-refractivity contribution in [2.75, 3.05) is 0 Å². The van der Waals surface area contributed by atoms with E-state index in [0.717, 1.165) is 5.57 Å². The Hall–Kier alpha value is -0.780. The van der Waals surface area contributed by atoms with Gasteiger partial charge in [-0.2, -0.15) is 0 Å². The van der Waals surface area contributed by atoms with Gasteiger partial charge in [-0.05, 0) is 18.4 Å². The molecule has 0 aliphatic carbocycles. The van der Waals surface area contributed by atoms with E-state index < -0.39 is 0 Å². The highest BCUT2D eigenvalue weighted by molar-refractivity contribution is 5.18. The average molecular weight is 122 g/mol. The first-order valence-electron chi connectivity index (χ1n) is 3.16. The van der Waals surface area contributed by atoms with Gasteiger partial charge >= 0.3 is 0 Å². The van der Waals surface area contributed by atoms with E-state index in [1.54, 1.807) is 6.08 Å². The van der Waals surface area contributed by atoms with Crippen LogP contribution in [0.15, 0.2) is 37.0 Å². The van der Waals surface area contributed by atoms with Crippen molar-refractivity contribution in [1.29, 1.82) is 0 Å². The second-order valence-electron chi connectivity index (χ2n) is 2.09. The highest BCUT2D eigenvalue weighted by Gasteiger charge is 1.94. The topological polar surface area (TPSA) is 0 Å². The summed E-state index contributed by atoms with van der Waals surface area (Å²) >= 11 is 0. The first kappa shape index (κ1) is 8.22. The molecule has 0 bridgehead atoms. The SMILES string of the molecule is C=CC(=C)[C@@H](C)/C=C/C. The second kappa shape index (κ2) is 4.13. The molecule has 1 atom stereocenters. The van der Waals surface area contributed by atoms with Gasteiger partial charge in [0.1, 0.15) is 0 Å². The van der Waals surface area contributed by atoms with E-state index in [0.29, 0.717) is 5.92 Å². The molecule has 0 radical (unpaired) electrons. The molecule has 0 nitrogen and oxygen atoms in total. The van der Waals surface area contributed by atoms with Crippen LogP contribution in [0.3, 0.4) is 0 Å². The third-order valence-electron chi connectivity index (χ3n) is 1.33. The third-order valence-corrected chi connectivity index (χ3v) is 1.33. The lowest BCUT2D eigenvalue weighted by molar-refractivity contribution is 0.895. The van der Waals surface area contributed by atoms with Crippen LogP contribution in [0.4, 0.5) is 0 Å². The zero-order valence-electron chi connectivity index (χ0n) is 6.22. The largest absolute Gasteiger partial charge is 0.0988 e. The summed E-state index contributed by atoms with van der Waals surface area (Å²) in [6.45, 7) is 11.6. The molecule has 50 valence electrons. The Balaban J connectivity index is 3.87. The van der Waals surface area contributed by atoms with Crippen molar-refractivity contribution in [3.05, 3.63) is 37.0 Å². The quantitative estimate of drug-likeness (QED) is 0.399. The monoisotopic (exact) mass is 122 g/mol. The van der Waals surface area contributed by atoms with E-state index in [4.69, 9.17) is 0 Å². The smallest absolute Gasteiger partial charge is 0.00166 e. The number of allylic oxidation sites excluding steroid dienone is 4. The van der Waals surface area contributed by atoms with Crippen LogP contribution in [0, 0.1) is 5.92 Å². The lowest BCUT2D eigenvalue weighted by Crippen LogP contribution is -1.88. The van der Waals surface area contributed by atoms with Gasteiger partial charge in [0.2, 0.25) is 0 Å². The zero-order chi connectivity index (χ0) is 7.28. The lowest BCUT2D eigenvalue weighted by Gasteiger charge is -2.02. The van der Waals surface area contributed by atoms with E-state index >= 15 is 0 Å². The van der Waals surface area contributed by atoms with Gasteiger partial charge in [0, 0.05) is 0 Å². The fraction of sp³-hybridized carbons (Fsp3) is 0.333. The maximum absolute atomic E-state index is 3.82. The molecule has 0 saturated heterocycles. The molecular formula is C9H14. The van der Waals surface area contributed by atoms with Crippen LogP contribution in [0.1, 0.15) is 13.8 Å². The van der Waals surface area contributed by atoms with Crippen molar-refractivity contribution in [3.63, 3.8) is 0 Å². The Morgan fingerprint density at radius 2 is 2.11 bits per heavy atom. The van der Waals surface area contributed by atoms with Gasteiger partial charge < -0.3 is 0 Å². The summed E-state index contributed by atoms with van der Waals surface area (Å²) in [5.74, 6) is 0.437. The van der Waals surface area contributed by atoms with Crippen LogP contribution in [0.2, 0.25) is 0 Å². The summed E-state index contributed by atoms with van der Waals surface area (Å²) < 4.78 is 0. The Labute approximate surface area is 57.6 Å². The predicted octanol–water partition coefficient (Wildman–Crippen LogP) is 2.94. The maximum Gasteiger partial charge on any atom is -0.00166 e. The molecule has 9 heavy (non-hydrogen) atoms. The van der Waals surface area contributed by atoms with Crippen LogP contribution in [0.25, 0.3) is 0 Å². The van der Waals surface area contributed by atoms with Gasteiger partial charge in [0.25, 0.3) is 0 Å². The van der Waals surface area contributed by atoms with E-state index in [2.05, 4.69) is 26.2 Å². The van der Waals surface area contributed by atoms with Crippen LogP contribution in [-0.2, 0) is 0 Å². The minimum Gasteiger partial charge on any atom is -0.0988 e. The van der Waals surface area contributed by atoms with Crippen molar-refractivity contribution in [2.24, 2.45) is 5.92 Å². The molecule has 0 amide bonds. The van der Waals surface area contributed by atoms with Crippen LogP contribution < -0.4 is 0 Å². The summed E-state index contributed by atoms with van der Waals surface area (Å²) in [7, 11) is 0. The zero-order valence-corrected chi connectivity index (χ0v) is 6.22. The van der Waals surface area contributed by atoms with Gasteiger partial charge in [0.05, 0.1) is 0 Å². The Morgan fingerprint density at radius 1 is 1.56 bits per heavy atom. The molecule has 0 fully saturated rings. The normalized spacial score (nSPS) is 13.6. The third kappa shape index (κ3) is 2.91. The molecule has 0 heterocycles. The van der Waals surface area contributed by atoms with Gasteiger partial charge in [-0.1, -0.05) is 38.3 Å². The minimum absolute atomic E-state index is 0.437. The molecule has 0 aromatic carbocycles. The molecule has 0 aromatic rings. The molecule has 0 heteroatoms. The van der Waals surface area contributed by atoms with Crippen molar-refractivity contribution < 1.29 is 0 Å². The maximum atomic E-state index is 3.82. The van der Waals surface area contributed by atoms with Crippen molar-refractivity contribution in [2.45, 2.75) is 13.8 Å². The summed E-state index contributed by atoms with van der Waals surface area (Å²) in [6.07, 6.45) is 5.92. The fourth-order valence-corrected chi connectivity index (χ4v) is 0.598. The standard InChI is InChI=1S/C9H14/c1-5-7-9(4)8(3)6-2/h5-7,9H,2-3H2,1,4H3/b7-5+/t9-/m0/s1. The first-order chi connectivity index (χ1) is 4.22. The average Bonchev–Trinajstić information content (AvgIpc) is 1.87.